The summed E-state index contributed by atoms with van der Waals surface area (Å²) in [5.41, 5.74) is 2.84. The van der Waals surface area contributed by atoms with E-state index in [-0.39, 0.29) is 31.1 Å². The molecule has 3 atom stereocenters. The van der Waals surface area contributed by atoms with Crippen molar-refractivity contribution in [2.24, 2.45) is 5.92 Å². The molecule has 11 nitrogen and oxygen atoms in total. The number of aromatic nitrogens is 2. The van der Waals surface area contributed by atoms with Gasteiger partial charge in [-0.2, -0.15) is 0 Å². The summed E-state index contributed by atoms with van der Waals surface area (Å²) in [6.45, 7) is 0.658. The summed E-state index contributed by atoms with van der Waals surface area (Å²) in [6.07, 6.45) is 1.30. The van der Waals surface area contributed by atoms with Crippen LogP contribution >= 0.6 is 0 Å². The predicted molar refractivity (Wildman–Crippen MR) is 163 cm³/mol. The Morgan fingerprint density at radius 3 is 2.23 bits per heavy atom. The Morgan fingerprint density at radius 2 is 1.52 bits per heavy atom. The molecular formula is C33H34N6O5. The highest BCUT2D eigenvalue weighted by molar-refractivity contribution is 6.38. The van der Waals surface area contributed by atoms with Crippen molar-refractivity contribution in [3.8, 4) is 0 Å². The molecule has 5 rings (SSSR count). The van der Waals surface area contributed by atoms with E-state index in [0.717, 1.165) is 17.5 Å². The molecule has 1 saturated heterocycles. The minimum Gasteiger partial charge on any atom is -0.356 e. The maximum Gasteiger partial charge on any atom is 0.289 e. The third-order valence-corrected chi connectivity index (χ3v) is 7.58. The SMILES string of the molecule is O=C(NCc1ccccc1)C(=O)[C@H](CC1CCCNC1=O)NC(=O)[C@H](Cc1ccccc1)NC(=O)c1nc2ccccc2[nH]1. The highest BCUT2D eigenvalue weighted by Gasteiger charge is 2.35. The lowest BCUT2D eigenvalue weighted by atomic mass is 9.89. The molecule has 0 saturated carbocycles. The first-order valence-electron chi connectivity index (χ1n) is 14.6. The van der Waals surface area contributed by atoms with Crippen molar-refractivity contribution in [2.75, 3.05) is 6.54 Å². The average molecular weight is 595 g/mol. The van der Waals surface area contributed by atoms with Crippen molar-refractivity contribution in [1.82, 2.24) is 31.2 Å². The van der Waals surface area contributed by atoms with Gasteiger partial charge in [-0.05, 0) is 42.5 Å². The summed E-state index contributed by atoms with van der Waals surface area (Å²) in [5.74, 6) is -3.76. The van der Waals surface area contributed by atoms with E-state index in [2.05, 4.69) is 31.2 Å². The number of benzene rings is 3. The average Bonchev–Trinajstić information content (AvgIpc) is 3.49. The molecule has 0 radical (unpaired) electrons. The second-order valence-electron chi connectivity index (χ2n) is 10.8. The van der Waals surface area contributed by atoms with Crippen molar-refractivity contribution in [1.29, 1.82) is 0 Å². The fourth-order valence-electron chi connectivity index (χ4n) is 5.22. The predicted octanol–water partition coefficient (Wildman–Crippen LogP) is 2.19. The molecule has 2 heterocycles. The van der Waals surface area contributed by atoms with Gasteiger partial charge in [-0.15, -0.1) is 0 Å². The van der Waals surface area contributed by atoms with Gasteiger partial charge in [0, 0.05) is 25.4 Å². The van der Waals surface area contributed by atoms with E-state index >= 15 is 0 Å². The molecule has 11 heteroatoms. The molecule has 0 bridgehead atoms. The molecule has 226 valence electrons. The van der Waals surface area contributed by atoms with E-state index in [1.165, 1.54) is 0 Å². The zero-order valence-corrected chi connectivity index (χ0v) is 24.0. The Balaban J connectivity index is 1.35. The number of fused-ring (bicyclic) bond motifs is 1. The van der Waals surface area contributed by atoms with Crippen LogP contribution in [0.15, 0.2) is 84.9 Å². The number of hydrogen-bond donors (Lipinski definition) is 5. The van der Waals surface area contributed by atoms with Crippen LogP contribution in [-0.2, 0) is 32.1 Å². The van der Waals surface area contributed by atoms with Gasteiger partial charge in [-0.25, -0.2) is 4.98 Å². The summed E-state index contributed by atoms with van der Waals surface area (Å²) in [6, 6.07) is 23.0. The molecular weight excluding hydrogens is 560 g/mol. The first-order valence-corrected chi connectivity index (χ1v) is 14.6. The third kappa shape index (κ3) is 7.74. The summed E-state index contributed by atoms with van der Waals surface area (Å²) in [4.78, 5) is 73.3. The fraction of sp³-hybridized carbons (Fsp3) is 0.273. The van der Waals surface area contributed by atoms with Gasteiger partial charge in [0.25, 0.3) is 11.8 Å². The number of rotatable bonds is 12. The number of hydrogen-bond acceptors (Lipinski definition) is 6. The molecule has 1 unspecified atom stereocenters. The first-order chi connectivity index (χ1) is 21.4. The number of ketones is 1. The molecule has 1 fully saturated rings. The molecule has 0 aliphatic carbocycles. The molecule has 1 aliphatic rings. The number of carbonyl (C=O) groups excluding carboxylic acids is 5. The molecule has 44 heavy (non-hydrogen) atoms. The molecule has 3 aromatic carbocycles. The van der Waals surface area contributed by atoms with Gasteiger partial charge in [0.15, 0.2) is 5.82 Å². The Kier molecular flexibility index (Phi) is 9.75. The van der Waals surface area contributed by atoms with Gasteiger partial charge in [0.05, 0.1) is 17.1 Å². The van der Waals surface area contributed by atoms with Crippen LogP contribution in [0.2, 0.25) is 0 Å². The van der Waals surface area contributed by atoms with Gasteiger partial charge in [0.1, 0.15) is 6.04 Å². The summed E-state index contributed by atoms with van der Waals surface area (Å²) >= 11 is 0. The number of piperidine rings is 1. The Labute approximate surface area is 254 Å². The van der Waals surface area contributed by atoms with Crippen LogP contribution in [0, 0.1) is 5.92 Å². The zero-order chi connectivity index (χ0) is 30.9. The molecule has 1 aromatic heterocycles. The van der Waals surface area contributed by atoms with E-state index in [9.17, 15) is 24.0 Å². The number of Topliss-reactive ketones (excluding diaryl/α,β-unsaturated/α-hetero) is 1. The highest BCUT2D eigenvalue weighted by atomic mass is 16.2. The van der Waals surface area contributed by atoms with Crippen molar-refractivity contribution < 1.29 is 24.0 Å². The van der Waals surface area contributed by atoms with E-state index < -0.39 is 41.5 Å². The molecule has 4 amide bonds. The van der Waals surface area contributed by atoms with Crippen LogP contribution in [0.5, 0.6) is 0 Å². The lowest BCUT2D eigenvalue weighted by Gasteiger charge is -2.27. The van der Waals surface area contributed by atoms with E-state index in [1.807, 2.05) is 66.7 Å². The largest absolute Gasteiger partial charge is 0.356 e. The van der Waals surface area contributed by atoms with Crippen LogP contribution in [0.3, 0.4) is 0 Å². The topological polar surface area (TPSA) is 162 Å². The quantitative estimate of drug-likeness (QED) is 0.158. The second kappa shape index (κ2) is 14.2. The van der Waals surface area contributed by atoms with Crippen LogP contribution < -0.4 is 21.3 Å². The monoisotopic (exact) mass is 594 g/mol. The number of nitrogens with zero attached hydrogens (tertiary/aromatic N) is 1. The van der Waals surface area contributed by atoms with Gasteiger partial charge < -0.3 is 26.3 Å². The summed E-state index contributed by atoms with van der Waals surface area (Å²) in [5, 5.41) is 10.8. The van der Waals surface area contributed by atoms with Gasteiger partial charge in [-0.3, -0.25) is 24.0 Å². The van der Waals surface area contributed by atoms with Gasteiger partial charge >= 0.3 is 0 Å². The van der Waals surface area contributed by atoms with Crippen LogP contribution in [0.1, 0.15) is 41.0 Å². The Bertz CT molecular complexity index is 1610. The number of aromatic amines is 1. The minimum atomic E-state index is -1.28. The fourth-order valence-corrected chi connectivity index (χ4v) is 5.22. The standard InChI is InChI=1S/C33H34N6O5/c40-28(32(43)35-20-22-12-5-2-6-13-22)26(19-23-14-9-17-34-30(23)41)38-31(42)27(18-21-10-3-1-4-11-21)39-33(44)29-36-24-15-7-8-16-25(24)37-29/h1-8,10-13,15-16,23,26-27H,9,14,17-20H2,(H,34,41)(H,35,43)(H,36,37)(H,38,42)(H,39,44)/t23?,26-,27-/m0/s1. The highest BCUT2D eigenvalue weighted by Crippen LogP contribution is 2.19. The Hall–Kier alpha value is -5.32. The van der Waals surface area contributed by atoms with Gasteiger partial charge in [0.2, 0.25) is 17.6 Å². The van der Waals surface area contributed by atoms with E-state index in [4.69, 9.17) is 0 Å². The molecule has 1 aliphatic heterocycles. The number of amides is 4. The van der Waals surface area contributed by atoms with Crippen molar-refractivity contribution >= 4 is 40.4 Å². The van der Waals surface area contributed by atoms with Gasteiger partial charge in [-0.1, -0.05) is 72.8 Å². The van der Waals surface area contributed by atoms with Crippen molar-refractivity contribution in [2.45, 2.75) is 44.3 Å². The molecule has 0 spiro atoms. The minimum absolute atomic E-state index is 0.0313. The lowest BCUT2D eigenvalue weighted by molar-refractivity contribution is -0.141. The number of carbonyl (C=O) groups is 5. The maximum atomic E-state index is 13.8. The van der Waals surface area contributed by atoms with Crippen LogP contribution in [0.25, 0.3) is 11.0 Å². The van der Waals surface area contributed by atoms with E-state index in [0.29, 0.717) is 24.0 Å². The van der Waals surface area contributed by atoms with Crippen LogP contribution in [-0.4, -0.2) is 58.0 Å². The normalized spacial score (nSPS) is 15.9. The molecule has 4 aromatic rings. The van der Waals surface area contributed by atoms with Crippen LogP contribution in [0.4, 0.5) is 0 Å². The van der Waals surface area contributed by atoms with E-state index in [1.54, 1.807) is 18.2 Å². The lowest BCUT2D eigenvalue weighted by Crippen LogP contribution is -2.55. The number of para-hydroxylation sites is 2. The number of H-pyrrole nitrogens is 1. The first kappa shape index (κ1) is 30.1. The summed E-state index contributed by atoms with van der Waals surface area (Å²) in [7, 11) is 0. The number of imidazole rings is 1. The van der Waals surface area contributed by atoms with Crippen molar-refractivity contribution in [3.63, 3.8) is 0 Å². The van der Waals surface area contributed by atoms with Crippen molar-refractivity contribution in [3.05, 3.63) is 102 Å². The molecule has 5 N–H and O–H groups in total. The summed E-state index contributed by atoms with van der Waals surface area (Å²) < 4.78 is 0. The third-order valence-electron chi connectivity index (χ3n) is 7.58. The number of nitrogens with one attached hydrogen (secondary N) is 5. The maximum absolute atomic E-state index is 13.8. The zero-order valence-electron chi connectivity index (χ0n) is 24.0. The Morgan fingerprint density at radius 1 is 0.841 bits per heavy atom. The smallest absolute Gasteiger partial charge is 0.289 e. The second-order valence-corrected chi connectivity index (χ2v) is 10.8.